The maximum atomic E-state index is 12.3. The standard InChI is InChI=1S/C13H19N5OS/c1-5-6-18-11(14-15-13(18)20)9-7-10(8(2)3)16-17(4)12(9)19/h7-8H,5-6H2,1-4H3,(H,15,20). The fraction of sp³-hybridized carbons (Fsp3) is 0.538. The van der Waals surface area contributed by atoms with Crippen molar-refractivity contribution in [2.75, 3.05) is 0 Å². The number of H-pyrrole nitrogens is 1. The van der Waals surface area contributed by atoms with Crippen molar-refractivity contribution in [2.24, 2.45) is 7.05 Å². The summed E-state index contributed by atoms with van der Waals surface area (Å²) < 4.78 is 3.75. The largest absolute Gasteiger partial charge is 0.300 e. The lowest BCUT2D eigenvalue weighted by atomic mass is 10.1. The molecule has 0 spiro atoms. The van der Waals surface area contributed by atoms with E-state index >= 15 is 0 Å². The van der Waals surface area contributed by atoms with E-state index in [1.54, 1.807) is 7.05 Å². The first-order valence-electron chi connectivity index (χ1n) is 6.69. The number of aryl methyl sites for hydroxylation is 1. The van der Waals surface area contributed by atoms with Gasteiger partial charge in [-0.2, -0.15) is 10.2 Å². The van der Waals surface area contributed by atoms with Crippen LogP contribution in [-0.2, 0) is 13.6 Å². The Hall–Kier alpha value is -1.76. The molecule has 0 saturated heterocycles. The molecule has 6 nitrogen and oxygen atoms in total. The molecule has 0 radical (unpaired) electrons. The Kier molecular flexibility index (Phi) is 4.17. The van der Waals surface area contributed by atoms with Gasteiger partial charge in [-0.25, -0.2) is 4.68 Å². The van der Waals surface area contributed by atoms with Gasteiger partial charge in [-0.15, -0.1) is 0 Å². The van der Waals surface area contributed by atoms with Crippen LogP contribution in [0.2, 0.25) is 0 Å². The van der Waals surface area contributed by atoms with E-state index in [9.17, 15) is 4.79 Å². The van der Waals surface area contributed by atoms with Gasteiger partial charge in [0.25, 0.3) is 5.56 Å². The predicted octanol–water partition coefficient (Wildman–Crippen LogP) is 2.23. The molecule has 2 aromatic rings. The lowest BCUT2D eigenvalue weighted by molar-refractivity contribution is 0.646. The molecule has 0 aromatic carbocycles. The van der Waals surface area contributed by atoms with Gasteiger partial charge in [-0.3, -0.25) is 9.89 Å². The molecule has 7 heteroatoms. The second-order valence-corrected chi connectivity index (χ2v) is 5.46. The van der Waals surface area contributed by atoms with Gasteiger partial charge in [0.15, 0.2) is 10.6 Å². The number of hydrogen-bond donors (Lipinski definition) is 1. The van der Waals surface area contributed by atoms with Crippen LogP contribution in [0.15, 0.2) is 10.9 Å². The Labute approximate surface area is 122 Å². The van der Waals surface area contributed by atoms with Gasteiger partial charge >= 0.3 is 0 Å². The van der Waals surface area contributed by atoms with E-state index in [4.69, 9.17) is 12.2 Å². The van der Waals surface area contributed by atoms with Gasteiger partial charge in [0.05, 0.1) is 11.3 Å². The van der Waals surface area contributed by atoms with Crippen molar-refractivity contribution in [1.82, 2.24) is 24.5 Å². The van der Waals surface area contributed by atoms with E-state index in [1.165, 1.54) is 4.68 Å². The quantitative estimate of drug-likeness (QED) is 0.878. The first kappa shape index (κ1) is 14.6. The number of hydrogen-bond acceptors (Lipinski definition) is 4. The highest BCUT2D eigenvalue weighted by atomic mass is 32.1. The van der Waals surface area contributed by atoms with Crippen LogP contribution in [0.1, 0.15) is 38.8 Å². The van der Waals surface area contributed by atoms with Crippen LogP contribution in [0.25, 0.3) is 11.4 Å². The van der Waals surface area contributed by atoms with E-state index in [0.717, 1.165) is 18.7 Å². The van der Waals surface area contributed by atoms with E-state index < -0.39 is 0 Å². The molecule has 0 atom stereocenters. The molecule has 0 saturated carbocycles. The summed E-state index contributed by atoms with van der Waals surface area (Å²) >= 11 is 5.22. The maximum Gasteiger partial charge on any atom is 0.277 e. The van der Waals surface area contributed by atoms with Crippen molar-refractivity contribution < 1.29 is 0 Å². The maximum absolute atomic E-state index is 12.3. The Morgan fingerprint density at radius 2 is 2.15 bits per heavy atom. The van der Waals surface area contributed by atoms with E-state index in [0.29, 0.717) is 16.2 Å². The molecular formula is C13H19N5OS. The monoisotopic (exact) mass is 293 g/mol. The first-order chi connectivity index (χ1) is 9.45. The van der Waals surface area contributed by atoms with Crippen LogP contribution >= 0.6 is 12.2 Å². The second kappa shape index (κ2) is 5.70. The molecular weight excluding hydrogens is 274 g/mol. The molecule has 0 amide bonds. The third-order valence-corrected chi connectivity index (χ3v) is 3.43. The number of aromatic nitrogens is 5. The van der Waals surface area contributed by atoms with Gasteiger partial charge < -0.3 is 4.57 Å². The zero-order valence-corrected chi connectivity index (χ0v) is 13.0. The minimum absolute atomic E-state index is 0.166. The molecule has 2 aromatic heterocycles. The summed E-state index contributed by atoms with van der Waals surface area (Å²) in [5.41, 5.74) is 1.23. The summed E-state index contributed by atoms with van der Waals surface area (Å²) in [7, 11) is 1.66. The van der Waals surface area contributed by atoms with E-state index in [-0.39, 0.29) is 11.5 Å². The molecule has 2 rings (SSSR count). The van der Waals surface area contributed by atoms with Crippen molar-refractivity contribution in [3.05, 3.63) is 26.9 Å². The summed E-state index contributed by atoms with van der Waals surface area (Å²) in [5, 5.41) is 11.2. The van der Waals surface area contributed by atoms with Crippen LogP contribution in [-0.4, -0.2) is 24.5 Å². The van der Waals surface area contributed by atoms with E-state index in [2.05, 4.69) is 22.2 Å². The number of rotatable bonds is 4. The third kappa shape index (κ3) is 2.58. The Bertz CT molecular complexity index is 725. The highest BCUT2D eigenvalue weighted by Gasteiger charge is 2.16. The lowest BCUT2D eigenvalue weighted by Gasteiger charge is -2.10. The average Bonchev–Trinajstić information content (AvgIpc) is 2.75. The van der Waals surface area contributed by atoms with Crippen LogP contribution in [0, 0.1) is 4.77 Å². The van der Waals surface area contributed by atoms with Crippen LogP contribution < -0.4 is 5.56 Å². The SMILES string of the molecule is CCCn1c(-c2cc(C(C)C)nn(C)c2=O)n[nH]c1=S. The molecule has 0 bridgehead atoms. The predicted molar refractivity (Wildman–Crippen MR) is 80.3 cm³/mol. The number of nitrogens with one attached hydrogen (secondary N) is 1. The summed E-state index contributed by atoms with van der Waals surface area (Å²) in [5.74, 6) is 0.823. The molecule has 0 aliphatic heterocycles. The molecule has 0 aliphatic rings. The smallest absolute Gasteiger partial charge is 0.277 e. The molecule has 108 valence electrons. The fourth-order valence-electron chi connectivity index (χ4n) is 2.03. The van der Waals surface area contributed by atoms with Crippen molar-refractivity contribution in [3.63, 3.8) is 0 Å². The lowest BCUT2D eigenvalue weighted by Crippen LogP contribution is -2.24. The summed E-state index contributed by atoms with van der Waals surface area (Å²) in [6, 6.07) is 1.81. The van der Waals surface area contributed by atoms with Crippen molar-refractivity contribution in [2.45, 2.75) is 39.7 Å². The summed E-state index contributed by atoms with van der Waals surface area (Å²) in [6.45, 7) is 6.87. The van der Waals surface area contributed by atoms with Gasteiger partial charge in [-0.1, -0.05) is 20.8 Å². The topological polar surface area (TPSA) is 68.5 Å². The van der Waals surface area contributed by atoms with Crippen molar-refractivity contribution in [3.8, 4) is 11.4 Å². The van der Waals surface area contributed by atoms with Gasteiger partial charge in [0.2, 0.25) is 0 Å². The average molecular weight is 293 g/mol. The molecule has 20 heavy (non-hydrogen) atoms. The van der Waals surface area contributed by atoms with Crippen molar-refractivity contribution in [1.29, 1.82) is 0 Å². The zero-order chi connectivity index (χ0) is 14.9. The Morgan fingerprint density at radius 3 is 2.75 bits per heavy atom. The zero-order valence-electron chi connectivity index (χ0n) is 12.2. The summed E-state index contributed by atoms with van der Waals surface area (Å²) in [4.78, 5) is 12.3. The van der Waals surface area contributed by atoms with Crippen LogP contribution in [0.3, 0.4) is 0 Å². The number of aromatic amines is 1. The molecule has 0 fully saturated rings. The molecule has 0 aliphatic carbocycles. The van der Waals surface area contributed by atoms with Gasteiger partial charge in [0, 0.05) is 13.6 Å². The van der Waals surface area contributed by atoms with Gasteiger partial charge in [-0.05, 0) is 30.6 Å². The number of nitrogens with zero attached hydrogens (tertiary/aromatic N) is 4. The Morgan fingerprint density at radius 1 is 1.45 bits per heavy atom. The second-order valence-electron chi connectivity index (χ2n) is 5.07. The highest BCUT2D eigenvalue weighted by molar-refractivity contribution is 7.71. The van der Waals surface area contributed by atoms with Crippen LogP contribution in [0.4, 0.5) is 0 Å². The third-order valence-electron chi connectivity index (χ3n) is 3.12. The minimum Gasteiger partial charge on any atom is -0.300 e. The van der Waals surface area contributed by atoms with Crippen molar-refractivity contribution >= 4 is 12.2 Å². The molecule has 0 unspecified atom stereocenters. The Balaban J connectivity index is 2.69. The normalized spacial score (nSPS) is 11.2. The van der Waals surface area contributed by atoms with Gasteiger partial charge in [0.1, 0.15) is 0 Å². The summed E-state index contributed by atoms with van der Waals surface area (Å²) in [6.07, 6.45) is 0.920. The molecule has 1 N–H and O–H groups in total. The first-order valence-corrected chi connectivity index (χ1v) is 7.10. The van der Waals surface area contributed by atoms with E-state index in [1.807, 2.05) is 24.5 Å². The highest BCUT2D eigenvalue weighted by Crippen LogP contribution is 2.18. The molecule has 2 heterocycles. The fourth-order valence-corrected chi connectivity index (χ4v) is 2.25. The minimum atomic E-state index is -0.166. The van der Waals surface area contributed by atoms with Crippen LogP contribution in [0.5, 0.6) is 0 Å².